The van der Waals surface area contributed by atoms with Crippen molar-refractivity contribution < 1.29 is 4.79 Å². The molecule has 0 aromatic rings. The highest BCUT2D eigenvalue weighted by molar-refractivity contribution is 5.84. The standard InChI is InChI=1S/C16H31N3O/c1-12-4-8-14(9-5-12)19(3)11-10-16(2,15(17)20)18-13-6-7-13/h12-14,18H,4-11H2,1-3H3,(H2,17,20). The molecule has 2 aliphatic carbocycles. The van der Waals surface area contributed by atoms with E-state index in [1.165, 1.54) is 38.5 Å². The zero-order chi connectivity index (χ0) is 14.8. The average molecular weight is 281 g/mol. The monoisotopic (exact) mass is 281 g/mol. The zero-order valence-corrected chi connectivity index (χ0v) is 13.3. The summed E-state index contributed by atoms with van der Waals surface area (Å²) in [6.07, 6.45) is 8.42. The van der Waals surface area contributed by atoms with Crippen LogP contribution >= 0.6 is 0 Å². The molecule has 0 saturated heterocycles. The third-order valence-electron chi connectivity index (χ3n) is 5.22. The molecule has 2 fully saturated rings. The van der Waals surface area contributed by atoms with Crippen molar-refractivity contribution in [3.8, 4) is 0 Å². The van der Waals surface area contributed by atoms with E-state index in [4.69, 9.17) is 5.73 Å². The maximum Gasteiger partial charge on any atom is 0.237 e. The van der Waals surface area contributed by atoms with Gasteiger partial charge in [-0.15, -0.1) is 0 Å². The van der Waals surface area contributed by atoms with Crippen LogP contribution in [0.25, 0.3) is 0 Å². The van der Waals surface area contributed by atoms with Gasteiger partial charge in [0.1, 0.15) is 0 Å². The Labute approximate surface area is 123 Å². The van der Waals surface area contributed by atoms with Gasteiger partial charge in [0.2, 0.25) is 5.91 Å². The van der Waals surface area contributed by atoms with Crippen molar-refractivity contribution in [2.75, 3.05) is 13.6 Å². The van der Waals surface area contributed by atoms with E-state index >= 15 is 0 Å². The second-order valence-corrected chi connectivity index (χ2v) is 7.26. The topological polar surface area (TPSA) is 58.4 Å². The van der Waals surface area contributed by atoms with Gasteiger partial charge in [-0.1, -0.05) is 6.92 Å². The number of primary amides is 1. The molecule has 1 atom stereocenters. The minimum absolute atomic E-state index is 0.213. The summed E-state index contributed by atoms with van der Waals surface area (Å²) < 4.78 is 0. The lowest BCUT2D eigenvalue weighted by molar-refractivity contribution is -0.124. The van der Waals surface area contributed by atoms with Crippen LogP contribution in [0.2, 0.25) is 0 Å². The van der Waals surface area contributed by atoms with Crippen molar-refractivity contribution in [2.24, 2.45) is 11.7 Å². The lowest BCUT2D eigenvalue weighted by atomic mass is 9.86. The summed E-state index contributed by atoms with van der Waals surface area (Å²) in [5.41, 5.74) is 5.07. The average Bonchev–Trinajstić information content (AvgIpc) is 3.20. The summed E-state index contributed by atoms with van der Waals surface area (Å²) in [4.78, 5) is 14.2. The predicted molar refractivity (Wildman–Crippen MR) is 82.4 cm³/mol. The number of hydrogen-bond donors (Lipinski definition) is 2. The van der Waals surface area contributed by atoms with Gasteiger partial charge in [0, 0.05) is 18.6 Å². The van der Waals surface area contributed by atoms with Crippen molar-refractivity contribution >= 4 is 5.91 Å². The van der Waals surface area contributed by atoms with Gasteiger partial charge >= 0.3 is 0 Å². The van der Waals surface area contributed by atoms with E-state index < -0.39 is 5.54 Å². The molecule has 1 amide bonds. The predicted octanol–water partition coefficient (Wildman–Crippen LogP) is 1.88. The first-order valence-electron chi connectivity index (χ1n) is 8.18. The summed E-state index contributed by atoms with van der Waals surface area (Å²) in [6.45, 7) is 5.25. The third-order valence-corrected chi connectivity index (χ3v) is 5.22. The smallest absolute Gasteiger partial charge is 0.237 e. The Morgan fingerprint density at radius 3 is 2.35 bits per heavy atom. The molecule has 2 saturated carbocycles. The molecule has 2 rings (SSSR count). The lowest BCUT2D eigenvalue weighted by Gasteiger charge is -2.36. The molecule has 4 nitrogen and oxygen atoms in total. The number of nitrogens with zero attached hydrogens (tertiary/aromatic N) is 1. The van der Waals surface area contributed by atoms with Crippen LogP contribution < -0.4 is 11.1 Å². The molecule has 0 heterocycles. The molecule has 20 heavy (non-hydrogen) atoms. The first-order chi connectivity index (χ1) is 9.40. The quantitative estimate of drug-likeness (QED) is 0.749. The molecule has 4 heteroatoms. The summed E-state index contributed by atoms with van der Waals surface area (Å²) in [5, 5.41) is 3.43. The molecule has 116 valence electrons. The number of hydrogen-bond acceptors (Lipinski definition) is 3. The van der Waals surface area contributed by atoms with Gasteiger partial charge in [-0.05, 0) is 64.8 Å². The molecule has 2 aliphatic rings. The molecular formula is C16H31N3O. The van der Waals surface area contributed by atoms with Gasteiger partial charge in [-0.3, -0.25) is 4.79 Å². The SMILES string of the molecule is CC1CCC(N(C)CCC(C)(NC2CC2)C(N)=O)CC1. The largest absolute Gasteiger partial charge is 0.368 e. The summed E-state index contributed by atoms with van der Waals surface area (Å²) >= 11 is 0. The Morgan fingerprint density at radius 2 is 1.85 bits per heavy atom. The first-order valence-corrected chi connectivity index (χ1v) is 8.18. The molecule has 0 aliphatic heterocycles. The van der Waals surface area contributed by atoms with Crippen molar-refractivity contribution in [3.63, 3.8) is 0 Å². The Hall–Kier alpha value is -0.610. The number of carbonyl (C=O) groups is 1. The van der Waals surface area contributed by atoms with Gasteiger partial charge in [-0.25, -0.2) is 0 Å². The normalized spacial score (nSPS) is 30.2. The second kappa shape index (κ2) is 6.44. The van der Waals surface area contributed by atoms with Gasteiger partial charge in [-0.2, -0.15) is 0 Å². The molecule has 0 spiro atoms. The van der Waals surface area contributed by atoms with Crippen LogP contribution in [0.1, 0.15) is 58.8 Å². The number of amides is 1. The van der Waals surface area contributed by atoms with E-state index in [9.17, 15) is 4.79 Å². The van der Waals surface area contributed by atoms with E-state index in [1.807, 2.05) is 6.92 Å². The van der Waals surface area contributed by atoms with Crippen LogP contribution in [-0.2, 0) is 4.79 Å². The summed E-state index contributed by atoms with van der Waals surface area (Å²) in [5.74, 6) is 0.669. The highest BCUT2D eigenvalue weighted by Crippen LogP contribution is 2.28. The van der Waals surface area contributed by atoms with Gasteiger partial charge in [0.25, 0.3) is 0 Å². The number of carbonyl (C=O) groups excluding carboxylic acids is 1. The Bertz CT molecular complexity index is 335. The number of rotatable bonds is 7. The van der Waals surface area contributed by atoms with Crippen LogP contribution in [0, 0.1) is 5.92 Å². The fraction of sp³-hybridized carbons (Fsp3) is 0.938. The van der Waals surface area contributed by atoms with Crippen LogP contribution in [0.15, 0.2) is 0 Å². The molecule has 0 aromatic heterocycles. The fourth-order valence-corrected chi connectivity index (χ4v) is 3.21. The lowest BCUT2D eigenvalue weighted by Crippen LogP contribution is -2.55. The molecule has 0 aromatic carbocycles. The van der Waals surface area contributed by atoms with E-state index in [0.29, 0.717) is 12.1 Å². The van der Waals surface area contributed by atoms with Crippen molar-refractivity contribution in [3.05, 3.63) is 0 Å². The fourth-order valence-electron chi connectivity index (χ4n) is 3.21. The van der Waals surface area contributed by atoms with Gasteiger partial charge in [0.15, 0.2) is 0 Å². The first kappa shape index (κ1) is 15.8. The minimum atomic E-state index is -0.544. The van der Waals surface area contributed by atoms with E-state index in [0.717, 1.165) is 18.9 Å². The van der Waals surface area contributed by atoms with Gasteiger partial charge < -0.3 is 16.0 Å². The van der Waals surface area contributed by atoms with Crippen molar-refractivity contribution in [1.29, 1.82) is 0 Å². The maximum atomic E-state index is 11.8. The molecular weight excluding hydrogens is 250 g/mol. The van der Waals surface area contributed by atoms with Crippen molar-refractivity contribution in [1.82, 2.24) is 10.2 Å². The third kappa shape index (κ3) is 4.19. The van der Waals surface area contributed by atoms with E-state index in [-0.39, 0.29) is 5.91 Å². The van der Waals surface area contributed by atoms with Gasteiger partial charge in [0.05, 0.1) is 5.54 Å². The highest BCUT2D eigenvalue weighted by atomic mass is 16.1. The number of nitrogens with one attached hydrogen (secondary N) is 1. The van der Waals surface area contributed by atoms with Crippen LogP contribution in [-0.4, -0.2) is 42.0 Å². The zero-order valence-electron chi connectivity index (χ0n) is 13.3. The molecule has 1 unspecified atom stereocenters. The number of nitrogens with two attached hydrogens (primary N) is 1. The summed E-state index contributed by atoms with van der Waals surface area (Å²) in [7, 11) is 2.19. The Morgan fingerprint density at radius 1 is 1.25 bits per heavy atom. The highest BCUT2D eigenvalue weighted by Gasteiger charge is 2.37. The van der Waals surface area contributed by atoms with Crippen LogP contribution in [0.4, 0.5) is 0 Å². The summed E-state index contributed by atoms with van der Waals surface area (Å²) in [6, 6.07) is 1.19. The van der Waals surface area contributed by atoms with Crippen molar-refractivity contribution in [2.45, 2.75) is 76.4 Å². The van der Waals surface area contributed by atoms with Crippen LogP contribution in [0.3, 0.4) is 0 Å². The molecule has 0 bridgehead atoms. The molecule has 0 radical (unpaired) electrons. The van der Waals surface area contributed by atoms with E-state index in [2.05, 4.69) is 24.2 Å². The maximum absolute atomic E-state index is 11.8. The second-order valence-electron chi connectivity index (χ2n) is 7.26. The Balaban J connectivity index is 1.80. The van der Waals surface area contributed by atoms with E-state index in [1.54, 1.807) is 0 Å². The molecule has 3 N–H and O–H groups in total. The van der Waals surface area contributed by atoms with Crippen LogP contribution in [0.5, 0.6) is 0 Å². The minimum Gasteiger partial charge on any atom is -0.368 e. The Kier molecular flexibility index (Phi) is 5.08.